The van der Waals surface area contributed by atoms with Crippen LogP contribution in [0.25, 0.3) is 0 Å². The van der Waals surface area contributed by atoms with Gasteiger partial charge < -0.3 is 19.8 Å². The molecule has 1 aromatic carbocycles. The van der Waals surface area contributed by atoms with E-state index in [1.807, 2.05) is 0 Å². The zero-order valence-corrected chi connectivity index (χ0v) is 11.9. The molecule has 1 aliphatic heterocycles. The first-order valence-corrected chi connectivity index (χ1v) is 6.87. The molecule has 1 amide bonds. The van der Waals surface area contributed by atoms with Crippen LogP contribution in [0.5, 0.6) is 0 Å². The number of aliphatic hydroxyl groups excluding tert-OH is 1. The highest BCUT2D eigenvalue weighted by Gasteiger charge is 2.29. The molecule has 6 nitrogen and oxygen atoms in total. The maximum absolute atomic E-state index is 11.4. The molecule has 2 rings (SSSR count). The van der Waals surface area contributed by atoms with Gasteiger partial charge in [-0.3, -0.25) is 0 Å². The lowest BCUT2D eigenvalue weighted by Gasteiger charge is -2.24. The maximum Gasteiger partial charge on any atom is 0.407 e. The Labute approximate surface area is 122 Å². The molecular formula is C15H19NO5. The summed E-state index contributed by atoms with van der Waals surface area (Å²) in [6.45, 7) is 0.692. The molecule has 2 N–H and O–H groups in total. The Morgan fingerprint density at radius 3 is 2.52 bits per heavy atom. The highest BCUT2D eigenvalue weighted by atomic mass is 16.5. The number of likely N-dealkylation sites (tertiary alicyclic amines) is 1. The van der Waals surface area contributed by atoms with Gasteiger partial charge in [-0.15, -0.1) is 0 Å². The second-order valence-electron chi connectivity index (χ2n) is 5.16. The molecule has 1 heterocycles. The van der Waals surface area contributed by atoms with Crippen molar-refractivity contribution >= 4 is 12.1 Å². The minimum atomic E-state index is -0.972. The van der Waals surface area contributed by atoms with Crippen LogP contribution in [-0.4, -0.2) is 53.5 Å². The number of carboxylic acid groups (broad SMARTS) is 1. The van der Waals surface area contributed by atoms with Crippen LogP contribution in [0.1, 0.15) is 34.7 Å². The number of hydrogen-bond acceptors (Lipinski definition) is 4. The molecule has 0 aromatic heterocycles. The molecule has 1 saturated heterocycles. The number of hydrogen-bond donors (Lipinski definition) is 2. The van der Waals surface area contributed by atoms with Crippen molar-refractivity contribution in [2.45, 2.75) is 24.9 Å². The summed E-state index contributed by atoms with van der Waals surface area (Å²) in [6, 6.07) is 6.74. The summed E-state index contributed by atoms with van der Waals surface area (Å²) >= 11 is 0. The van der Waals surface area contributed by atoms with E-state index < -0.39 is 18.2 Å². The van der Waals surface area contributed by atoms with Gasteiger partial charge in [-0.25, -0.2) is 9.59 Å². The van der Waals surface area contributed by atoms with Crippen molar-refractivity contribution < 1.29 is 24.5 Å². The lowest BCUT2D eigenvalue weighted by Crippen LogP contribution is -2.34. The Bertz CT molecular complexity index is 513. The monoisotopic (exact) mass is 293 g/mol. The van der Waals surface area contributed by atoms with Gasteiger partial charge in [0.15, 0.2) is 0 Å². The first kappa shape index (κ1) is 15.3. The Morgan fingerprint density at radius 2 is 1.95 bits per heavy atom. The van der Waals surface area contributed by atoms with Crippen molar-refractivity contribution in [1.29, 1.82) is 0 Å². The van der Waals surface area contributed by atoms with E-state index in [1.54, 1.807) is 24.3 Å². The van der Waals surface area contributed by atoms with Gasteiger partial charge >= 0.3 is 12.1 Å². The normalized spacial score (nSPS) is 22.5. The van der Waals surface area contributed by atoms with Crippen LogP contribution in [-0.2, 0) is 4.74 Å². The smallest absolute Gasteiger partial charge is 0.407 e. The molecular weight excluding hydrogens is 274 g/mol. The van der Waals surface area contributed by atoms with Crippen molar-refractivity contribution in [1.82, 2.24) is 4.90 Å². The van der Waals surface area contributed by atoms with E-state index in [1.165, 1.54) is 12.0 Å². The second kappa shape index (κ2) is 6.58. The van der Waals surface area contributed by atoms with Gasteiger partial charge in [-0.2, -0.15) is 0 Å². The van der Waals surface area contributed by atoms with Gasteiger partial charge in [0.05, 0.1) is 18.8 Å². The first-order chi connectivity index (χ1) is 10.0. The fourth-order valence-electron chi connectivity index (χ4n) is 2.63. The molecule has 2 atom stereocenters. The van der Waals surface area contributed by atoms with Crippen molar-refractivity contribution in [3.63, 3.8) is 0 Å². The minimum Gasteiger partial charge on any atom is -0.465 e. The number of amides is 1. The minimum absolute atomic E-state index is 0.258. The summed E-state index contributed by atoms with van der Waals surface area (Å²) in [7, 11) is 1.32. The van der Waals surface area contributed by atoms with E-state index in [4.69, 9.17) is 5.11 Å². The van der Waals surface area contributed by atoms with Gasteiger partial charge in [0.2, 0.25) is 0 Å². The van der Waals surface area contributed by atoms with Gasteiger partial charge in [-0.05, 0) is 30.5 Å². The molecule has 1 fully saturated rings. The van der Waals surface area contributed by atoms with E-state index in [2.05, 4.69) is 4.74 Å². The molecule has 0 bridgehead atoms. The van der Waals surface area contributed by atoms with E-state index in [-0.39, 0.29) is 12.5 Å². The Balaban J connectivity index is 2.21. The lowest BCUT2D eigenvalue weighted by atomic mass is 9.91. The standard InChI is InChI=1S/C15H19NO5/c1-21-14(18)11-6-4-10(5-7-11)12-9-16(15(19)20)8-2-3-13(12)17/h4-7,12-13,17H,2-3,8-9H2,1H3,(H,19,20). The molecule has 0 radical (unpaired) electrons. The molecule has 0 spiro atoms. The predicted molar refractivity (Wildman–Crippen MR) is 75.4 cm³/mol. The number of ether oxygens (including phenoxy) is 1. The number of nitrogens with zero attached hydrogens (tertiary/aromatic N) is 1. The number of carbonyl (C=O) groups is 2. The van der Waals surface area contributed by atoms with Crippen LogP contribution >= 0.6 is 0 Å². The van der Waals surface area contributed by atoms with Crippen molar-refractivity contribution in [3.8, 4) is 0 Å². The summed E-state index contributed by atoms with van der Waals surface area (Å²) in [6.07, 6.45) is -0.351. The number of carbonyl (C=O) groups excluding carboxylic acids is 1. The van der Waals surface area contributed by atoms with Crippen molar-refractivity contribution in [2.75, 3.05) is 20.2 Å². The van der Waals surface area contributed by atoms with Crippen molar-refractivity contribution in [2.24, 2.45) is 0 Å². The average Bonchev–Trinajstić information content (AvgIpc) is 2.68. The molecule has 1 aliphatic rings. The predicted octanol–water partition coefficient (Wildman–Crippen LogP) is 1.69. The van der Waals surface area contributed by atoms with Crippen LogP contribution in [0.2, 0.25) is 0 Å². The molecule has 0 saturated carbocycles. The summed E-state index contributed by atoms with van der Waals surface area (Å²) in [5.41, 5.74) is 1.25. The largest absolute Gasteiger partial charge is 0.465 e. The molecule has 21 heavy (non-hydrogen) atoms. The summed E-state index contributed by atoms with van der Waals surface area (Å²) < 4.78 is 4.64. The van der Waals surface area contributed by atoms with Crippen LogP contribution in [0, 0.1) is 0 Å². The van der Waals surface area contributed by atoms with Crippen molar-refractivity contribution in [3.05, 3.63) is 35.4 Å². The molecule has 6 heteroatoms. The Hall–Kier alpha value is -2.08. The highest BCUT2D eigenvalue weighted by Crippen LogP contribution is 2.27. The van der Waals surface area contributed by atoms with Crippen LogP contribution in [0.4, 0.5) is 4.79 Å². The number of rotatable bonds is 2. The third-order valence-corrected chi connectivity index (χ3v) is 3.84. The summed E-state index contributed by atoms with van der Waals surface area (Å²) in [5.74, 6) is -0.703. The fourth-order valence-corrected chi connectivity index (χ4v) is 2.63. The number of esters is 1. The summed E-state index contributed by atoms with van der Waals surface area (Å²) in [4.78, 5) is 23.9. The third kappa shape index (κ3) is 3.52. The van der Waals surface area contributed by atoms with E-state index in [9.17, 15) is 14.7 Å². The van der Waals surface area contributed by atoms with Gasteiger partial charge in [0, 0.05) is 19.0 Å². The van der Waals surface area contributed by atoms with Crippen LogP contribution in [0.3, 0.4) is 0 Å². The quantitative estimate of drug-likeness (QED) is 0.810. The van der Waals surface area contributed by atoms with Crippen LogP contribution < -0.4 is 0 Å². The fraction of sp³-hybridized carbons (Fsp3) is 0.467. The molecule has 114 valence electrons. The zero-order chi connectivity index (χ0) is 15.4. The topological polar surface area (TPSA) is 87.1 Å². The number of benzene rings is 1. The molecule has 2 unspecified atom stereocenters. The highest BCUT2D eigenvalue weighted by molar-refractivity contribution is 5.89. The van der Waals surface area contributed by atoms with Gasteiger partial charge in [0.1, 0.15) is 0 Å². The van der Waals surface area contributed by atoms with E-state index in [0.29, 0.717) is 24.9 Å². The van der Waals surface area contributed by atoms with E-state index in [0.717, 1.165) is 5.56 Å². The number of methoxy groups -OCH3 is 1. The van der Waals surface area contributed by atoms with Crippen LogP contribution in [0.15, 0.2) is 24.3 Å². The lowest BCUT2D eigenvalue weighted by molar-refractivity contribution is 0.0600. The van der Waals surface area contributed by atoms with Gasteiger partial charge in [-0.1, -0.05) is 12.1 Å². The molecule has 1 aromatic rings. The maximum atomic E-state index is 11.4. The first-order valence-electron chi connectivity index (χ1n) is 6.87. The Kier molecular flexibility index (Phi) is 4.80. The third-order valence-electron chi connectivity index (χ3n) is 3.84. The average molecular weight is 293 g/mol. The molecule has 0 aliphatic carbocycles. The number of aliphatic hydroxyl groups is 1. The Morgan fingerprint density at radius 1 is 1.29 bits per heavy atom. The second-order valence-corrected chi connectivity index (χ2v) is 5.16. The van der Waals surface area contributed by atoms with E-state index >= 15 is 0 Å². The van der Waals surface area contributed by atoms with Gasteiger partial charge in [0.25, 0.3) is 0 Å². The zero-order valence-electron chi connectivity index (χ0n) is 11.9. The summed E-state index contributed by atoms with van der Waals surface area (Å²) in [5, 5.41) is 19.4. The SMILES string of the molecule is COC(=O)c1ccc(C2CN(C(=O)O)CCCC2O)cc1.